The second-order valence-corrected chi connectivity index (χ2v) is 1.91. The van der Waals surface area contributed by atoms with E-state index in [4.69, 9.17) is 9.47 Å². The maximum absolute atomic E-state index is 4.73. The van der Waals surface area contributed by atoms with Crippen LogP contribution in [0.2, 0.25) is 0 Å². The molecule has 0 aliphatic rings. The standard InChI is InChI=1S/C4H11NO2S/c1-6-3-5(8)4-7-2/h8H,3-4H2,1-2H3. The lowest BCUT2D eigenvalue weighted by atomic mass is 11.1. The van der Waals surface area contributed by atoms with Crippen molar-refractivity contribution >= 4 is 12.8 Å². The molecule has 0 aromatic heterocycles. The fraction of sp³-hybridized carbons (Fsp3) is 1.00. The Morgan fingerprint density at radius 3 is 1.88 bits per heavy atom. The van der Waals surface area contributed by atoms with Gasteiger partial charge in [0.1, 0.15) is 13.5 Å². The number of hydrogen-bond acceptors (Lipinski definition) is 4. The number of rotatable bonds is 4. The van der Waals surface area contributed by atoms with Gasteiger partial charge in [-0.2, -0.15) is 0 Å². The van der Waals surface area contributed by atoms with E-state index in [0.717, 1.165) is 0 Å². The molecule has 0 saturated heterocycles. The van der Waals surface area contributed by atoms with Crippen LogP contribution in [0.1, 0.15) is 0 Å². The zero-order valence-corrected chi connectivity index (χ0v) is 6.02. The van der Waals surface area contributed by atoms with E-state index in [1.165, 1.54) is 0 Å². The highest BCUT2D eigenvalue weighted by atomic mass is 32.1. The first-order valence-corrected chi connectivity index (χ1v) is 2.63. The maximum atomic E-state index is 4.73. The fourth-order valence-electron chi connectivity index (χ4n) is 0.335. The van der Waals surface area contributed by atoms with Crippen molar-refractivity contribution in [2.75, 3.05) is 27.7 Å². The van der Waals surface area contributed by atoms with Crippen molar-refractivity contribution in [3.8, 4) is 0 Å². The van der Waals surface area contributed by atoms with E-state index in [1.54, 1.807) is 18.5 Å². The third-order valence-electron chi connectivity index (χ3n) is 0.556. The monoisotopic (exact) mass is 137 g/mol. The van der Waals surface area contributed by atoms with Crippen LogP contribution in [0.15, 0.2) is 0 Å². The van der Waals surface area contributed by atoms with Crippen molar-refractivity contribution in [3.63, 3.8) is 0 Å². The van der Waals surface area contributed by atoms with Crippen LogP contribution < -0.4 is 0 Å². The van der Waals surface area contributed by atoms with E-state index < -0.39 is 0 Å². The smallest absolute Gasteiger partial charge is 0.110 e. The van der Waals surface area contributed by atoms with Crippen molar-refractivity contribution in [2.45, 2.75) is 0 Å². The molecule has 0 radical (unpaired) electrons. The Kier molecular flexibility index (Phi) is 5.52. The summed E-state index contributed by atoms with van der Waals surface area (Å²) in [6, 6.07) is 0. The molecule has 4 heteroatoms. The summed E-state index contributed by atoms with van der Waals surface area (Å²) in [6.07, 6.45) is 0. The summed E-state index contributed by atoms with van der Waals surface area (Å²) in [7, 11) is 3.22. The Morgan fingerprint density at radius 2 is 1.62 bits per heavy atom. The average Bonchev–Trinajstić information content (AvgIpc) is 1.68. The summed E-state index contributed by atoms with van der Waals surface area (Å²) in [6.45, 7) is 0.966. The Bertz CT molecular complexity index is 47.3. The zero-order valence-electron chi connectivity index (χ0n) is 5.13. The Labute approximate surface area is 55.1 Å². The highest BCUT2D eigenvalue weighted by Crippen LogP contribution is 1.90. The second kappa shape index (κ2) is 5.37. The van der Waals surface area contributed by atoms with Gasteiger partial charge >= 0.3 is 0 Å². The number of hydrogen-bond donors (Lipinski definition) is 1. The average molecular weight is 137 g/mol. The fourth-order valence-corrected chi connectivity index (χ4v) is 0.566. The van der Waals surface area contributed by atoms with E-state index in [9.17, 15) is 0 Å². The molecule has 0 aliphatic carbocycles. The Hall–Kier alpha value is 0.230. The molecule has 0 fully saturated rings. The van der Waals surface area contributed by atoms with Gasteiger partial charge in [0.15, 0.2) is 0 Å². The molecule has 0 unspecified atom stereocenters. The number of nitrogens with zero attached hydrogens (tertiary/aromatic N) is 1. The van der Waals surface area contributed by atoms with Gasteiger partial charge in [0.25, 0.3) is 0 Å². The van der Waals surface area contributed by atoms with Gasteiger partial charge in [-0.25, -0.2) is 4.31 Å². The lowest BCUT2D eigenvalue weighted by Crippen LogP contribution is -2.17. The summed E-state index contributed by atoms with van der Waals surface area (Å²) in [5, 5.41) is 0. The molecule has 0 rings (SSSR count). The first kappa shape index (κ1) is 8.23. The Morgan fingerprint density at radius 1 is 1.25 bits per heavy atom. The molecule has 0 spiro atoms. The molecule has 0 aromatic carbocycles. The lowest BCUT2D eigenvalue weighted by Gasteiger charge is -2.10. The molecule has 0 aliphatic heterocycles. The minimum Gasteiger partial charge on any atom is -0.368 e. The molecule has 50 valence electrons. The van der Waals surface area contributed by atoms with Gasteiger partial charge in [0.2, 0.25) is 0 Å². The highest BCUT2D eigenvalue weighted by Gasteiger charge is 1.92. The number of thiol groups is 1. The molecular formula is C4H11NO2S. The van der Waals surface area contributed by atoms with Gasteiger partial charge in [-0.05, 0) is 0 Å². The van der Waals surface area contributed by atoms with Crippen molar-refractivity contribution in [2.24, 2.45) is 0 Å². The Balaban J connectivity index is 2.92. The third kappa shape index (κ3) is 4.39. The van der Waals surface area contributed by atoms with Gasteiger partial charge in [0, 0.05) is 14.2 Å². The summed E-state index contributed by atoms with van der Waals surface area (Å²) >= 11 is 3.97. The molecule has 0 atom stereocenters. The third-order valence-corrected chi connectivity index (χ3v) is 0.787. The van der Waals surface area contributed by atoms with E-state index >= 15 is 0 Å². The molecule has 8 heavy (non-hydrogen) atoms. The molecule has 0 bridgehead atoms. The second-order valence-electron chi connectivity index (χ2n) is 1.34. The van der Waals surface area contributed by atoms with Gasteiger partial charge in [-0.3, -0.25) is 0 Å². The van der Waals surface area contributed by atoms with Crippen LogP contribution in [0.25, 0.3) is 0 Å². The van der Waals surface area contributed by atoms with Gasteiger partial charge in [-0.1, -0.05) is 12.8 Å². The van der Waals surface area contributed by atoms with Gasteiger partial charge < -0.3 is 9.47 Å². The van der Waals surface area contributed by atoms with Crippen LogP contribution >= 0.6 is 12.8 Å². The lowest BCUT2D eigenvalue weighted by molar-refractivity contribution is 0.0489. The van der Waals surface area contributed by atoms with E-state index in [2.05, 4.69) is 12.8 Å². The van der Waals surface area contributed by atoms with E-state index in [-0.39, 0.29) is 0 Å². The number of ether oxygens (including phenoxy) is 2. The van der Waals surface area contributed by atoms with Crippen LogP contribution in [-0.2, 0) is 9.47 Å². The minimum atomic E-state index is 0.483. The molecule has 3 nitrogen and oxygen atoms in total. The molecule has 0 heterocycles. The van der Waals surface area contributed by atoms with Crippen molar-refractivity contribution < 1.29 is 9.47 Å². The summed E-state index contributed by atoms with van der Waals surface area (Å²) in [4.78, 5) is 0. The summed E-state index contributed by atoms with van der Waals surface area (Å²) in [5.74, 6) is 0. The molecule has 0 aromatic rings. The van der Waals surface area contributed by atoms with Crippen molar-refractivity contribution in [1.82, 2.24) is 4.31 Å². The van der Waals surface area contributed by atoms with Gasteiger partial charge in [-0.15, -0.1) is 0 Å². The van der Waals surface area contributed by atoms with Gasteiger partial charge in [0.05, 0.1) is 0 Å². The van der Waals surface area contributed by atoms with Crippen LogP contribution in [-0.4, -0.2) is 32.0 Å². The maximum Gasteiger partial charge on any atom is 0.110 e. The predicted octanol–water partition coefficient (Wildman–Crippen LogP) is 0.341. The SMILES string of the molecule is COCN(S)COC. The minimum absolute atomic E-state index is 0.483. The zero-order chi connectivity index (χ0) is 6.41. The topological polar surface area (TPSA) is 21.7 Å². The predicted molar refractivity (Wildman–Crippen MR) is 34.6 cm³/mol. The normalized spacial score (nSPS) is 10.5. The first-order chi connectivity index (χ1) is 3.81. The van der Waals surface area contributed by atoms with Crippen molar-refractivity contribution in [1.29, 1.82) is 0 Å². The highest BCUT2D eigenvalue weighted by molar-refractivity contribution is 7.77. The number of methoxy groups -OCH3 is 2. The quantitative estimate of drug-likeness (QED) is 0.446. The molecule has 0 N–H and O–H groups in total. The van der Waals surface area contributed by atoms with E-state index in [1.807, 2.05) is 0 Å². The van der Waals surface area contributed by atoms with Crippen LogP contribution in [0, 0.1) is 0 Å². The molecular weight excluding hydrogens is 126 g/mol. The van der Waals surface area contributed by atoms with Crippen LogP contribution in [0.4, 0.5) is 0 Å². The summed E-state index contributed by atoms with van der Waals surface area (Å²) in [5.41, 5.74) is 0. The largest absolute Gasteiger partial charge is 0.368 e. The molecule has 0 amide bonds. The van der Waals surface area contributed by atoms with Crippen LogP contribution in [0.5, 0.6) is 0 Å². The van der Waals surface area contributed by atoms with E-state index in [0.29, 0.717) is 13.5 Å². The summed E-state index contributed by atoms with van der Waals surface area (Å²) < 4.78 is 11.1. The van der Waals surface area contributed by atoms with Crippen molar-refractivity contribution in [3.05, 3.63) is 0 Å². The van der Waals surface area contributed by atoms with Crippen LogP contribution in [0.3, 0.4) is 0 Å². The molecule has 0 saturated carbocycles. The first-order valence-electron chi connectivity index (χ1n) is 2.23.